The van der Waals surface area contributed by atoms with Gasteiger partial charge in [-0.1, -0.05) is 22.0 Å². The Balaban J connectivity index is 1.99. The van der Waals surface area contributed by atoms with Gasteiger partial charge in [-0.2, -0.15) is 0 Å². The van der Waals surface area contributed by atoms with Crippen LogP contribution in [0.15, 0.2) is 43.1 Å². The van der Waals surface area contributed by atoms with Crippen LogP contribution >= 0.6 is 59.1 Å². The molecule has 0 amide bonds. The number of hydrogen-bond acceptors (Lipinski definition) is 2. The smallest absolute Gasteiger partial charge is 0.0629 e. The van der Waals surface area contributed by atoms with Crippen molar-refractivity contribution in [1.82, 2.24) is 0 Å². The first kappa shape index (κ1) is 13.6. The first-order chi connectivity index (χ1) is 8.16. The molecule has 0 aliphatic carbocycles. The van der Waals surface area contributed by atoms with Crippen molar-refractivity contribution in [2.75, 3.05) is 11.9 Å². The predicted octanol–water partition coefficient (Wildman–Crippen LogP) is 5.69. The fraction of sp³-hybridized carbons (Fsp3) is 0.167. The van der Waals surface area contributed by atoms with Crippen LogP contribution in [0.3, 0.4) is 0 Å². The van der Waals surface area contributed by atoms with Crippen LogP contribution in [0, 0.1) is 0 Å². The molecule has 0 radical (unpaired) electrons. The zero-order chi connectivity index (χ0) is 12.3. The third kappa shape index (κ3) is 3.81. The summed E-state index contributed by atoms with van der Waals surface area (Å²) in [6, 6.07) is 8.33. The molecule has 0 saturated carbocycles. The molecule has 1 heterocycles. The Morgan fingerprint density at radius 2 is 1.82 bits per heavy atom. The average molecular weight is 440 g/mol. The fourth-order valence-electron chi connectivity index (χ4n) is 1.48. The Kier molecular flexibility index (Phi) is 5.09. The van der Waals surface area contributed by atoms with Crippen LogP contribution in [0.2, 0.25) is 0 Å². The van der Waals surface area contributed by atoms with E-state index in [1.54, 1.807) is 11.3 Å². The minimum absolute atomic E-state index is 0.930. The number of halogens is 3. The van der Waals surface area contributed by atoms with Gasteiger partial charge in [-0.25, -0.2) is 0 Å². The molecule has 1 N–H and O–H groups in total. The first-order valence-electron chi connectivity index (χ1n) is 5.07. The Morgan fingerprint density at radius 1 is 1.12 bits per heavy atom. The molecule has 0 aliphatic rings. The van der Waals surface area contributed by atoms with E-state index in [0.29, 0.717) is 0 Å². The second-order valence-electron chi connectivity index (χ2n) is 3.50. The minimum Gasteiger partial charge on any atom is -0.383 e. The van der Waals surface area contributed by atoms with Crippen LogP contribution < -0.4 is 5.32 Å². The summed E-state index contributed by atoms with van der Waals surface area (Å²) in [5.74, 6) is 0. The number of anilines is 1. The molecule has 1 aromatic heterocycles. The Labute approximate surface area is 130 Å². The van der Waals surface area contributed by atoms with E-state index in [9.17, 15) is 0 Å². The van der Waals surface area contributed by atoms with Gasteiger partial charge in [-0.3, -0.25) is 0 Å². The zero-order valence-electron chi connectivity index (χ0n) is 8.84. The third-order valence-electron chi connectivity index (χ3n) is 2.26. The normalized spacial score (nSPS) is 10.5. The van der Waals surface area contributed by atoms with Gasteiger partial charge in [0.15, 0.2) is 0 Å². The Morgan fingerprint density at radius 3 is 2.41 bits per heavy atom. The topological polar surface area (TPSA) is 12.0 Å². The summed E-state index contributed by atoms with van der Waals surface area (Å²) >= 11 is 12.4. The zero-order valence-corrected chi connectivity index (χ0v) is 14.4. The van der Waals surface area contributed by atoms with Gasteiger partial charge in [0.25, 0.3) is 0 Å². The van der Waals surface area contributed by atoms with Crippen molar-refractivity contribution in [3.8, 4) is 0 Å². The third-order valence-corrected chi connectivity index (χ3v) is 4.91. The van der Waals surface area contributed by atoms with Crippen LogP contribution in [0.1, 0.15) is 4.88 Å². The molecular weight excluding hydrogens is 430 g/mol. The van der Waals surface area contributed by atoms with E-state index >= 15 is 0 Å². The number of hydrogen-bond donors (Lipinski definition) is 1. The van der Waals surface area contributed by atoms with E-state index in [1.807, 2.05) is 12.1 Å². The van der Waals surface area contributed by atoms with Crippen molar-refractivity contribution < 1.29 is 0 Å². The van der Waals surface area contributed by atoms with Crippen LogP contribution in [0.5, 0.6) is 0 Å². The highest BCUT2D eigenvalue weighted by Crippen LogP contribution is 2.34. The maximum absolute atomic E-state index is 3.56. The highest BCUT2D eigenvalue weighted by atomic mass is 79.9. The van der Waals surface area contributed by atoms with Gasteiger partial charge >= 0.3 is 0 Å². The highest BCUT2D eigenvalue weighted by molar-refractivity contribution is 9.11. The van der Waals surface area contributed by atoms with Gasteiger partial charge in [-0.15, -0.1) is 11.3 Å². The number of nitrogens with one attached hydrogen (secondary N) is 1. The molecule has 0 fully saturated rings. The van der Waals surface area contributed by atoms with E-state index < -0.39 is 0 Å². The van der Waals surface area contributed by atoms with Crippen LogP contribution in [0.4, 0.5) is 5.69 Å². The second kappa shape index (κ2) is 6.36. The lowest BCUT2D eigenvalue weighted by molar-refractivity contribution is 1.04. The molecule has 90 valence electrons. The molecule has 17 heavy (non-hydrogen) atoms. The largest absolute Gasteiger partial charge is 0.383 e. The van der Waals surface area contributed by atoms with Crippen molar-refractivity contribution in [3.63, 3.8) is 0 Å². The van der Waals surface area contributed by atoms with E-state index in [2.05, 4.69) is 70.6 Å². The van der Waals surface area contributed by atoms with Crippen molar-refractivity contribution in [3.05, 3.63) is 47.9 Å². The van der Waals surface area contributed by atoms with Crippen molar-refractivity contribution in [2.45, 2.75) is 6.42 Å². The van der Waals surface area contributed by atoms with Crippen molar-refractivity contribution >= 4 is 64.8 Å². The highest BCUT2D eigenvalue weighted by Gasteiger charge is 2.06. The standard InChI is InChI=1S/C12H10Br3NS/c13-8-6-10(14)12(11(15)7-8)16-4-3-9-2-1-5-17-9/h1-2,5-7,16H,3-4H2. The molecule has 1 aromatic carbocycles. The van der Waals surface area contributed by atoms with Crippen LogP contribution in [0.25, 0.3) is 0 Å². The molecule has 0 bridgehead atoms. The summed E-state index contributed by atoms with van der Waals surface area (Å²) < 4.78 is 3.18. The Bertz CT molecular complexity index is 473. The summed E-state index contributed by atoms with van der Waals surface area (Å²) in [7, 11) is 0. The van der Waals surface area contributed by atoms with E-state index in [0.717, 1.165) is 32.1 Å². The summed E-state index contributed by atoms with van der Waals surface area (Å²) in [5.41, 5.74) is 1.10. The molecule has 2 aromatic rings. The van der Waals surface area contributed by atoms with Gasteiger partial charge in [0, 0.05) is 24.8 Å². The molecule has 0 atom stereocenters. The van der Waals surface area contributed by atoms with E-state index in [4.69, 9.17) is 0 Å². The number of benzene rings is 1. The van der Waals surface area contributed by atoms with Crippen molar-refractivity contribution in [2.24, 2.45) is 0 Å². The summed E-state index contributed by atoms with van der Waals surface area (Å²) in [6.45, 7) is 0.930. The molecule has 5 heteroatoms. The lowest BCUT2D eigenvalue weighted by atomic mass is 10.3. The van der Waals surface area contributed by atoms with Gasteiger partial charge < -0.3 is 5.32 Å². The van der Waals surface area contributed by atoms with Gasteiger partial charge in [0.1, 0.15) is 0 Å². The van der Waals surface area contributed by atoms with Gasteiger partial charge in [-0.05, 0) is 61.9 Å². The summed E-state index contributed by atoms with van der Waals surface area (Å²) in [6.07, 6.45) is 1.05. The predicted molar refractivity (Wildman–Crippen MR) is 86.1 cm³/mol. The maximum Gasteiger partial charge on any atom is 0.0629 e. The summed E-state index contributed by atoms with van der Waals surface area (Å²) in [4.78, 5) is 1.40. The monoisotopic (exact) mass is 437 g/mol. The first-order valence-corrected chi connectivity index (χ1v) is 8.33. The van der Waals surface area contributed by atoms with E-state index in [1.165, 1.54) is 4.88 Å². The second-order valence-corrected chi connectivity index (χ2v) is 7.16. The lowest BCUT2D eigenvalue weighted by Crippen LogP contribution is -2.05. The molecular formula is C12H10Br3NS. The van der Waals surface area contributed by atoms with Crippen molar-refractivity contribution in [1.29, 1.82) is 0 Å². The van der Waals surface area contributed by atoms with Crippen LogP contribution in [-0.4, -0.2) is 6.54 Å². The fourth-order valence-corrected chi connectivity index (χ4v) is 4.72. The molecule has 0 saturated heterocycles. The quantitative estimate of drug-likeness (QED) is 0.645. The minimum atomic E-state index is 0.930. The van der Waals surface area contributed by atoms with Gasteiger partial charge in [0.2, 0.25) is 0 Å². The lowest BCUT2D eigenvalue weighted by Gasteiger charge is -2.10. The molecule has 0 unspecified atom stereocenters. The molecule has 0 spiro atoms. The molecule has 1 nitrogen and oxygen atoms in total. The average Bonchev–Trinajstić information content (AvgIpc) is 2.74. The van der Waals surface area contributed by atoms with E-state index in [-0.39, 0.29) is 0 Å². The maximum atomic E-state index is 3.56. The van der Waals surface area contributed by atoms with Crippen LogP contribution in [-0.2, 0) is 6.42 Å². The number of thiophene rings is 1. The Hall–Kier alpha value is 0.160. The molecule has 0 aliphatic heterocycles. The van der Waals surface area contributed by atoms with Gasteiger partial charge in [0.05, 0.1) is 5.69 Å². The SMILES string of the molecule is Brc1cc(Br)c(NCCc2cccs2)c(Br)c1. The summed E-state index contributed by atoms with van der Waals surface area (Å²) in [5, 5.41) is 5.55. The molecule has 2 rings (SSSR count). The number of rotatable bonds is 4.